The summed E-state index contributed by atoms with van der Waals surface area (Å²) >= 11 is 10.9. The van der Waals surface area contributed by atoms with E-state index in [0.29, 0.717) is 11.4 Å². The smallest absolute Gasteiger partial charge is 0.197 e. The maximum atomic E-state index is 5.86. The van der Waals surface area contributed by atoms with E-state index in [-0.39, 0.29) is 0 Å². The monoisotopic (exact) mass is 328 g/mol. The molecule has 0 atom stereocenters. The zero-order valence-electron chi connectivity index (χ0n) is 11.6. The number of H-pyrrole nitrogens is 1. The standard InChI is InChI=1S/C17H13ClN2OS/c18-14-5-1-12(2-6-14)11-21-15-7-3-13(4-8-15)16-9-10-19-17(22)20-16/h1-10H,11H2,(H,19,20,22). The van der Waals surface area contributed by atoms with E-state index in [9.17, 15) is 0 Å². The maximum absolute atomic E-state index is 5.86. The molecule has 3 nitrogen and oxygen atoms in total. The van der Waals surface area contributed by atoms with E-state index in [0.717, 1.165) is 27.6 Å². The van der Waals surface area contributed by atoms with E-state index in [1.807, 2.05) is 54.6 Å². The van der Waals surface area contributed by atoms with Crippen LogP contribution in [0.5, 0.6) is 5.75 Å². The number of nitrogens with one attached hydrogen (secondary N) is 1. The van der Waals surface area contributed by atoms with Crippen LogP contribution in [0.3, 0.4) is 0 Å². The number of benzene rings is 2. The van der Waals surface area contributed by atoms with Gasteiger partial charge in [-0.1, -0.05) is 23.7 Å². The Balaban J connectivity index is 1.69. The number of nitrogens with zero attached hydrogens (tertiary/aromatic N) is 1. The second kappa shape index (κ2) is 6.73. The number of hydrogen-bond acceptors (Lipinski definition) is 3. The molecule has 0 saturated carbocycles. The van der Waals surface area contributed by atoms with Crippen molar-refractivity contribution in [2.45, 2.75) is 6.61 Å². The van der Waals surface area contributed by atoms with Gasteiger partial charge in [0.2, 0.25) is 0 Å². The summed E-state index contributed by atoms with van der Waals surface area (Å²) in [5.74, 6) is 0.811. The minimum absolute atomic E-state index is 0.473. The minimum atomic E-state index is 0.473. The van der Waals surface area contributed by atoms with Crippen molar-refractivity contribution in [1.29, 1.82) is 0 Å². The van der Waals surface area contributed by atoms with Gasteiger partial charge in [-0.25, -0.2) is 4.98 Å². The molecule has 22 heavy (non-hydrogen) atoms. The van der Waals surface area contributed by atoms with Crippen LogP contribution in [0.4, 0.5) is 0 Å². The molecule has 5 heteroatoms. The average Bonchev–Trinajstić information content (AvgIpc) is 2.55. The largest absolute Gasteiger partial charge is 0.489 e. The minimum Gasteiger partial charge on any atom is -0.489 e. The molecule has 0 saturated heterocycles. The van der Waals surface area contributed by atoms with Crippen LogP contribution in [0.1, 0.15) is 5.56 Å². The van der Waals surface area contributed by atoms with Crippen LogP contribution >= 0.6 is 23.8 Å². The molecule has 0 fully saturated rings. The zero-order valence-corrected chi connectivity index (χ0v) is 13.2. The fourth-order valence-corrected chi connectivity index (χ4v) is 2.31. The van der Waals surface area contributed by atoms with Gasteiger partial charge in [0.15, 0.2) is 4.77 Å². The fourth-order valence-electron chi connectivity index (χ4n) is 2.02. The van der Waals surface area contributed by atoms with E-state index in [1.165, 1.54) is 0 Å². The van der Waals surface area contributed by atoms with Crippen molar-refractivity contribution in [3.63, 3.8) is 0 Å². The Morgan fingerprint density at radius 2 is 1.73 bits per heavy atom. The van der Waals surface area contributed by atoms with Gasteiger partial charge in [-0.15, -0.1) is 0 Å². The Bertz CT molecular complexity index is 813. The third-order valence-corrected chi connectivity index (χ3v) is 3.62. The highest BCUT2D eigenvalue weighted by atomic mass is 35.5. The van der Waals surface area contributed by atoms with E-state index in [1.54, 1.807) is 6.20 Å². The molecule has 0 aliphatic rings. The number of hydrogen-bond donors (Lipinski definition) is 1. The lowest BCUT2D eigenvalue weighted by Crippen LogP contribution is -1.95. The van der Waals surface area contributed by atoms with Crippen molar-refractivity contribution in [2.24, 2.45) is 0 Å². The molecule has 3 rings (SSSR count). The van der Waals surface area contributed by atoms with Crippen LogP contribution in [0.15, 0.2) is 60.8 Å². The molecule has 1 N–H and O–H groups in total. The molecule has 0 bridgehead atoms. The molecule has 0 amide bonds. The van der Waals surface area contributed by atoms with Crippen molar-refractivity contribution in [2.75, 3.05) is 0 Å². The third kappa shape index (κ3) is 3.72. The first-order chi connectivity index (χ1) is 10.7. The summed E-state index contributed by atoms with van der Waals surface area (Å²) in [7, 11) is 0. The van der Waals surface area contributed by atoms with E-state index in [2.05, 4.69) is 9.97 Å². The molecule has 3 aromatic rings. The second-order valence-corrected chi connectivity index (χ2v) is 5.55. The van der Waals surface area contributed by atoms with Crippen molar-refractivity contribution in [3.8, 4) is 17.0 Å². The Kier molecular flexibility index (Phi) is 4.51. The SMILES string of the molecule is S=c1nccc(-c2ccc(OCc3ccc(Cl)cc3)cc2)[nH]1. The number of halogens is 1. The van der Waals surface area contributed by atoms with E-state index in [4.69, 9.17) is 28.6 Å². The highest BCUT2D eigenvalue weighted by molar-refractivity contribution is 7.71. The molecular weight excluding hydrogens is 316 g/mol. The van der Waals surface area contributed by atoms with Gasteiger partial charge in [-0.3, -0.25) is 0 Å². The topological polar surface area (TPSA) is 37.9 Å². The summed E-state index contributed by atoms with van der Waals surface area (Å²) in [4.78, 5) is 7.03. The normalized spacial score (nSPS) is 10.4. The number of rotatable bonds is 4. The lowest BCUT2D eigenvalue weighted by Gasteiger charge is -2.07. The van der Waals surface area contributed by atoms with Crippen LogP contribution < -0.4 is 4.74 Å². The van der Waals surface area contributed by atoms with Crippen molar-refractivity contribution >= 4 is 23.8 Å². The van der Waals surface area contributed by atoms with Crippen molar-refractivity contribution in [1.82, 2.24) is 9.97 Å². The molecule has 2 aromatic carbocycles. The Labute approximate surface area is 138 Å². The predicted octanol–water partition coefficient (Wildman–Crippen LogP) is 5.04. The summed E-state index contributed by atoms with van der Waals surface area (Å²) in [6.07, 6.45) is 1.69. The Hall–Kier alpha value is -2.17. The number of ether oxygens (including phenoxy) is 1. The van der Waals surface area contributed by atoms with Gasteiger partial charge in [0.1, 0.15) is 12.4 Å². The molecule has 1 aromatic heterocycles. The van der Waals surface area contributed by atoms with Gasteiger partial charge in [0.25, 0.3) is 0 Å². The average molecular weight is 329 g/mol. The summed E-state index contributed by atoms with van der Waals surface area (Å²) in [6, 6.07) is 17.3. The van der Waals surface area contributed by atoms with Crippen LogP contribution in [0.2, 0.25) is 5.02 Å². The van der Waals surface area contributed by atoms with Gasteiger partial charge in [0.05, 0.1) is 0 Å². The molecule has 110 valence electrons. The lowest BCUT2D eigenvalue weighted by molar-refractivity contribution is 0.306. The van der Waals surface area contributed by atoms with E-state index < -0.39 is 0 Å². The first-order valence-corrected chi connectivity index (χ1v) is 7.52. The Morgan fingerprint density at radius 1 is 1.00 bits per heavy atom. The summed E-state index contributed by atoms with van der Waals surface area (Å²) < 4.78 is 6.23. The molecule has 0 unspecified atom stereocenters. The summed E-state index contributed by atoms with van der Waals surface area (Å²) in [5.41, 5.74) is 3.04. The molecule has 0 aliphatic heterocycles. The van der Waals surface area contributed by atoms with Gasteiger partial charge in [-0.2, -0.15) is 0 Å². The number of aromatic amines is 1. The first-order valence-electron chi connectivity index (χ1n) is 6.74. The number of aromatic nitrogens is 2. The van der Waals surface area contributed by atoms with Crippen molar-refractivity contribution < 1.29 is 4.74 Å². The molecule has 0 aliphatic carbocycles. The molecule has 0 spiro atoms. The summed E-state index contributed by atoms with van der Waals surface area (Å²) in [6.45, 7) is 0.508. The highest BCUT2D eigenvalue weighted by Crippen LogP contribution is 2.21. The quantitative estimate of drug-likeness (QED) is 0.682. The Morgan fingerprint density at radius 3 is 2.41 bits per heavy atom. The first kappa shape index (κ1) is 14.8. The van der Waals surface area contributed by atoms with Gasteiger partial charge in [-0.05, 0) is 65.8 Å². The van der Waals surface area contributed by atoms with Crippen LogP contribution in [0, 0.1) is 4.77 Å². The highest BCUT2D eigenvalue weighted by Gasteiger charge is 2.00. The third-order valence-electron chi connectivity index (χ3n) is 3.16. The van der Waals surface area contributed by atoms with Crippen LogP contribution in [-0.2, 0) is 6.61 Å². The van der Waals surface area contributed by atoms with Gasteiger partial charge < -0.3 is 9.72 Å². The predicted molar refractivity (Wildman–Crippen MR) is 90.6 cm³/mol. The second-order valence-electron chi connectivity index (χ2n) is 4.73. The summed E-state index contributed by atoms with van der Waals surface area (Å²) in [5, 5.41) is 0.725. The van der Waals surface area contributed by atoms with E-state index >= 15 is 0 Å². The van der Waals surface area contributed by atoms with Crippen molar-refractivity contribution in [3.05, 3.63) is 76.2 Å². The molecule has 0 radical (unpaired) electrons. The molecular formula is C17H13ClN2OS. The molecule has 1 heterocycles. The van der Waals surface area contributed by atoms with Crippen LogP contribution in [-0.4, -0.2) is 9.97 Å². The van der Waals surface area contributed by atoms with Gasteiger partial charge >= 0.3 is 0 Å². The fraction of sp³-hybridized carbons (Fsp3) is 0.0588. The zero-order chi connectivity index (χ0) is 15.4. The lowest BCUT2D eigenvalue weighted by atomic mass is 10.1. The van der Waals surface area contributed by atoms with Gasteiger partial charge in [0, 0.05) is 16.9 Å². The van der Waals surface area contributed by atoms with Crippen LogP contribution in [0.25, 0.3) is 11.3 Å². The maximum Gasteiger partial charge on any atom is 0.197 e.